The van der Waals surface area contributed by atoms with Gasteiger partial charge in [-0.2, -0.15) is 0 Å². The van der Waals surface area contributed by atoms with E-state index in [-0.39, 0.29) is 17.3 Å². The molecule has 1 fully saturated rings. The summed E-state index contributed by atoms with van der Waals surface area (Å²) in [5, 5.41) is 0. The SMILES string of the molecule is O=C(c1cccc(S(=O)(=O)NCc2ncc[nH]2)c1)N1CCCCCCC1. The van der Waals surface area contributed by atoms with E-state index in [4.69, 9.17) is 0 Å². The number of hydrogen-bond acceptors (Lipinski definition) is 4. The summed E-state index contributed by atoms with van der Waals surface area (Å²) in [6.07, 6.45) is 8.67. The Kier molecular flexibility index (Phi) is 6.05. The second-order valence-corrected chi connectivity index (χ2v) is 8.22. The maximum atomic E-state index is 12.8. The summed E-state index contributed by atoms with van der Waals surface area (Å²) in [6, 6.07) is 6.23. The Bertz CT molecular complexity index is 826. The van der Waals surface area contributed by atoms with Crippen molar-refractivity contribution in [2.45, 2.75) is 43.5 Å². The van der Waals surface area contributed by atoms with E-state index in [1.807, 2.05) is 4.90 Å². The highest BCUT2D eigenvalue weighted by Gasteiger charge is 2.20. The van der Waals surface area contributed by atoms with E-state index in [2.05, 4.69) is 14.7 Å². The fourth-order valence-electron chi connectivity index (χ4n) is 3.07. The molecule has 1 amide bonds. The number of rotatable bonds is 5. The van der Waals surface area contributed by atoms with Gasteiger partial charge in [-0.3, -0.25) is 4.79 Å². The average Bonchev–Trinajstić information content (AvgIpc) is 3.13. The highest BCUT2D eigenvalue weighted by atomic mass is 32.2. The second-order valence-electron chi connectivity index (χ2n) is 6.45. The largest absolute Gasteiger partial charge is 0.347 e. The van der Waals surface area contributed by atoms with Crippen LogP contribution in [0.15, 0.2) is 41.6 Å². The number of amides is 1. The van der Waals surface area contributed by atoms with Gasteiger partial charge in [0.2, 0.25) is 10.0 Å². The zero-order valence-corrected chi connectivity index (χ0v) is 15.5. The number of H-pyrrole nitrogens is 1. The van der Waals surface area contributed by atoms with E-state index < -0.39 is 10.0 Å². The number of sulfonamides is 1. The summed E-state index contributed by atoms with van der Waals surface area (Å²) < 4.78 is 27.5. The zero-order chi connectivity index (χ0) is 18.4. The molecule has 1 aliphatic rings. The Morgan fingerprint density at radius 2 is 1.88 bits per heavy atom. The van der Waals surface area contributed by atoms with E-state index in [1.165, 1.54) is 18.6 Å². The van der Waals surface area contributed by atoms with E-state index in [1.54, 1.807) is 24.5 Å². The predicted molar refractivity (Wildman–Crippen MR) is 98.0 cm³/mol. The fraction of sp³-hybridized carbons (Fsp3) is 0.444. The van der Waals surface area contributed by atoms with Gasteiger partial charge in [0, 0.05) is 31.0 Å². The number of carbonyl (C=O) groups excluding carboxylic acids is 1. The molecule has 0 saturated carbocycles. The van der Waals surface area contributed by atoms with Gasteiger partial charge in [-0.1, -0.05) is 25.3 Å². The number of hydrogen-bond donors (Lipinski definition) is 2. The van der Waals surface area contributed by atoms with Crippen LogP contribution in [-0.4, -0.2) is 42.3 Å². The summed E-state index contributed by atoms with van der Waals surface area (Å²) >= 11 is 0. The van der Waals surface area contributed by atoms with Crippen molar-refractivity contribution in [3.05, 3.63) is 48.0 Å². The van der Waals surface area contributed by atoms with Gasteiger partial charge >= 0.3 is 0 Å². The fourth-order valence-corrected chi connectivity index (χ4v) is 4.10. The van der Waals surface area contributed by atoms with Crippen molar-refractivity contribution in [1.82, 2.24) is 19.6 Å². The van der Waals surface area contributed by atoms with Crippen molar-refractivity contribution in [3.8, 4) is 0 Å². The van der Waals surface area contributed by atoms with Crippen LogP contribution < -0.4 is 4.72 Å². The van der Waals surface area contributed by atoms with Gasteiger partial charge in [0.15, 0.2) is 0 Å². The maximum Gasteiger partial charge on any atom is 0.253 e. The van der Waals surface area contributed by atoms with Gasteiger partial charge in [-0.15, -0.1) is 0 Å². The van der Waals surface area contributed by atoms with Gasteiger partial charge in [0.05, 0.1) is 11.4 Å². The van der Waals surface area contributed by atoms with Crippen molar-refractivity contribution in [2.24, 2.45) is 0 Å². The van der Waals surface area contributed by atoms with Crippen LogP contribution in [0.1, 0.15) is 48.3 Å². The lowest BCUT2D eigenvalue weighted by Gasteiger charge is -2.25. The summed E-state index contributed by atoms with van der Waals surface area (Å²) in [7, 11) is -3.72. The zero-order valence-electron chi connectivity index (χ0n) is 14.6. The molecule has 2 heterocycles. The topological polar surface area (TPSA) is 95.2 Å². The van der Waals surface area contributed by atoms with Crippen LogP contribution >= 0.6 is 0 Å². The van der Waals surface area contributed by atoms with Crippen LogP contribution in [0.2, 0.25) is 0 Å². The minimum absolute atomic E-state index is 0.0691. The Hall–Kier alpha value is -2.19. The minimum Gasteiger partial charge on any atom is -0.347 e. The maximum absolute atomic E-state index is 12.8. The first-order valence-electron chi connectivity index (χ1n) is 8.93. The number of imidazole rings is 1. The molecule has 1 aromatic carbocycles. The number of likely N-dealkylation sites (tertiary alicyclic amines) is 1. The quantitative estimate of drug-likeness (QED) is 0.837. The molecule has 1 aliphatic heterocycles. The average molecular weight is 376 g/mol. The van der Waals surface area contributed by atoms with Crippen molar-refractivity contribution in [1.29, 1.82) is 0 Å². The Labute approximate surface area is 153 Å². The molecule has 2 N–H and O–H groups in total. The van der Waals surface area contributed by atoms with E-state index in [0.717, 1.165) is 38.8 Å². The van der Waals surface area contributed by atoms with Gasteiger partial charge in [-0.25, -0.2) is 18.1 Å². The number of benzene rings is 1. The monoisotopic (exact) mass is 376 g/mol. The molecular formula is C18H24N4O3S. The summed E-state index contributed by atoms with van der Waals surface area (Å²) in [5.41, 5.74) is 0.409. The lowest BCUT2D eigenvalue weighted by atomic mass is 10.1. The number of aromatic nitrogens is 2. The van der Waals surface area contributed by atoms with E-state index in [0.29, 0.717) is 11.4 Å². The van der Waals surface area contributed by atoms with Gasteiger partial charge < -0.3 is 9.88 Å². The third-order valence-electron chi connectivity index (χ3n) is 4.52. The number of nitrogens with zero attached hydrogens (tertiary/aromatic N) is 2. The van der Waals surface area contributed by atoms with Crippen molar-refractivity contribution in [2.75, 3.05) is 13.1 Å². The highest BCUT2D eigenvalue weighted by Crippen LogP contribution is 2.17. The normalized spacial score (nSPS) is 16.1. The molecule has 3 rings (SSSR count). The number of nitrogens with one attached hydrogen (secondary N) is 2. The van der Waals surface area contributed by atoms with Crippen LogP contribution in [0.4, 0.5) is 0 Å². The van der Waals surface area contributed by atoms with Crippen molar-refractivity contribution < 1.29 is 13.2 Å². The summed E-state index contributed by atoms with van der Waals surface area (Å²) in [4.78, 5) is 21.5. The Morgan fingerprint density at radius 3 is 2.58 bits per heavy atom. The molecule has 2 aromatic rings. The lowest BCUT2D eigenvalue weighted by Crippen LogP contribution is -2.34. The molecule has 0 unspecified atom stereocenters. The smallest absolute Gasteiger partial charge is 0.253 e. The van der Waals surface area contributed by atoms with E-state index >= 15 is 0 Å². The highest BCUT2D eigenvalue weighted by molar-refractivity contribution is 7.89. The van der Waals surface area contributed by atoms with Gasteiger partial charge in [0.25, 0.3) is 5.91 Å². The lowest BCUT2D eigenvalue weighted by molar-refractivity contribution is 0.0742. The molecule has 0 atom stereocenters. The number of carbonyl (C=O) groups is 1. The van der Waals surface area contributed by atoms with Gasteiger partial charge in [-0.05, 0) is 31.0 Å². The molecule has 7 nitrogen and oxygen atoms in total. The molecule has 8 heteroatoms. The molecule has 26 heavy (non-hydrogen) atoms. The minimum atomic E-state index is -3.72. The molecule has 1 aromatic heterocycles. The third-order valence-corrected chi connectivity index (χ3v) is 5.92. The van der Waals surface area contributed by atoms with Crippen LogP contribution in [0.5, 0.6) is 0 Å². The standard InChI is InChI=1S/C18H24N4O3S/c23-18(22-11-4-2-1-3-5-12-22)15-7-6-8-16(13-15)26(24,25)21-14-17-19-9-10-20-17/h6-10,13,21H,1-5,11-12,14H2,(H,19,20). The molecule has 0 bridgehead atoms. The van der Waals surface area contributed by atoms with E-state index in [9.17, 15) is 13.2 Å². The first-order chi connectivity index (χ1) is 12.6. The summed E-state index contributed by atoms with van der Waals surface area (Å²) in [6.45, 7) is 1.53. The molecule has 0 radical (unpaired) electrons. The van der Waals surface area contributed by atoms with Crippen LogP contribution in [0.3, 0.4) is 0 Å². The van der Waals surface area contributed by atoms with Crippen molar-refractivity contribution >= 4 is 15.9 Å². The first kappa shape index (κ1) is 18.6. The van der Waals surface area contributed by atoms with Crippen molar-refractivity contribution in [3.63, 3.8) is 0 Å². The molecule has 0 aliphatic carbocycles. The predicted octanol–water partition coefficient (Wildman–Crippen LogP) is 2.29. The van der Waals surface area contributed by atoms with Crippen LogP contribution in [0.25, 0.3) is 0 Å². The summed E-state index contributed by atoms with van der Waals surface area (Å²) in [5.74, 6) is 0.427. The molecule has 1 saturated heterocycles. The molecular weight excluding hydrogens is 352 g/mol. The Morgan fingerprint density at radius 1 is 1.15 bits per heavy atom. The number of aromatic amines is 1. The Balaban J connectivity index is 1.73. The first-order valence-corrected chi connectivity index (χ1v) is 10.4. The molecule has 140 valence electrons. The third kappa shape index (κ3) is 4.70. The van der Waals surface area contributed by atoms with Crippen LogP contribution in [-0.2, 0) is 16.6 Å². The van der Waals surface area contributed by atoms with Crippen LogP contribution in [0, 0.1) is 0 Å². The molecule has 0 spiro atoms. The van der Waals surface area contributed by atoms with Gasteiger partial charge in [0.1, 0.15) is 5.82 Å². The second kappa shape index (κ2) is 8.46.